The lowest BCUT2D eigenvalue weighted by atomic mass is 9.66. The van der Waals surface area contributed by atoms with Crippen molar-refractivity contribution in [1.82, 2.24) is 0 Å². The molecule has 30 heavy (non-hydrogen) atoms. The zero-order chi connectivity index (χ0) is 19.9. The van der Waals surface area contributed by atoms with E-state index in [0.717, 1.165) is 0 Å². The number of benzene rings is 4. The van der Waals surface area contributed by atoms with E-state index in [1.54, 1.807) is 0 Å². The van der Waals surface area contributed by atoms with Gasteiger partial charge in [-0.2, -0.15) is 0 Å². The second-order valence-corrected chi connectivity index (χ2v) is 8.14. The lowest BCUT2D eigenvalue weighted by molar-refractivity contribution is 0.649. The highest BCUT2D eigenvalue weighted by Gasteiger charge is 2.35. The summed E-state index contributed by atoms with van der Waals surface area (Å²) in [6.07, 6.45) is 9.09. The summed E-state index contributed by atoms with van der Waals surface area (Å²) in [5, 5.41) is 2.60. The van der Waals surface area contributed by atoms with Crippen LogP contribution >= 0.6 is 0 Å². The van der Waals surface area contributed by atoms with Crippen LogP contribution in [0.25, 0.3) is 16.3 Å². The molecule has 0 saturated carbocycles. The molecule has 4 aromatic carbocycles. The van der Waals surface area contributed by atoms with E-state index >= 15 is 0 Å². The van der Waals surface area contributed by atoms with Gasteiger partial charge in [0.2, 0.25) is 0 Å². The summed E-state index contributed by atoms with van der Waals surface area (Å²) < 4.78 is 0. The minimum Gasteiger partial charge on any atom is -0.0760 e. The molecule has 142 valence electrons. The zero-order valence-electron chi connectivity index (χ0n) is 16.7. The van der Waals surface area contributed by atoms with Crippen molar-refractivity contribution in [2.45, 2.75) is 5.92 Å². The van der Waals surface area contributed by atoms with Gasteiger partial charge in [-0.05, 0) is 44.2 Å². The smallest absolute Gasteiger partial charge is 0.0199 e. The molecule has 0 heterocycles. The van der Waals surface area contributed by atoms with Gasteiger partial charge in [-0.3, -0.25) is 0 Å². The Bertz CT molecular complexity index is 1330. The van der Waals surface area contributed by atoms with Crippen LogP contribution in [0.3, 0.4) is 0 Å². The van der Waals surface area contributed by atoms with Gasteiger partial charge in [0, 0.05) is 11.8 Å². The molecule has 0 bridgehead atoms. The highest BCUT2D eigenvalue weighted by Crippen LogP contribution is 2.50. The highest BCUT2D eigenvalue weighted by molar-refractivity contribution is 5.89. The van der Waals surface area contributed by atoms with Crippen LogP contribution in [0.4, 0.5) is 0 Å². The van der Waals surface area contributed by atoms with Crippen molar-refractivity contribution in [1.29, 1.82) is 0 Å². The van der Waals surface area contributed by atoms with E-state index in [1.807, 2.05) is 0 Å². The highest BCUT2D eigenvalue weighted by atomic mass is 14.4. The molecule has 2 unspecified atom stereocenters. The Hall–Kier alpha value is -3.64. The normalized spacial score (nSPS) is 19.6. The lowest BCUT2D eigenvalue weighted by Crippen LogP contribution is -2.22. The number of fused-ring (bicyclic) bond motifs is 3. The molecular formula is C30H22. The molecule has 0 fully saturated rings. The van der Waals surface area contributed by atoms with Crippen LogP contribution in [0.2, 0.25) is 0 Å². The minimum absolute atomic E-state index is 0.314. The predicted molar refractivity (Wildman–Crippen MR) is 126 cm³/mol. The van der Waals surface area contributed by atoms with Crippen molar-refractivity contribution < 1.29 is 0 Å². The Labute approximate surface area is 177 Å². The fraction of sp³-hybridized carbons (Fsp3) is 0.0667. The maximum Gasteiger partial charge on any atom is 0.0199 e. The van der Waals surface area contributed by atoms with Gasteiger partial charge in [0.05, 0.1) is 0 Å². The third-order valence-electron chi connectivity index (χ3n) is 6.47. The van der Waals surface area contributed by atoms with Crippen LogP contribution in [0.15, 0.2) is 127 Å². The molecule has 0 spiro atoms. The monoisotopic (exact) mass is 382 g/mol. The topological polar surface area (TPSA) is 0 Å². The average Bonchev–Trinajstić information content (AvgIpc) is 2.82. The zero-order valence-corrected chi connectivity index (χ0v) is 16.7. The van der Waals surface area contributed by atoms with Crippen molar-refractivity contribution in [3.8, 4) is 0 Å². The first-order valence-corrected chi connectivity index (χ1v) is 10.6. The van der Waals surface area contributed by atoms with Crippen LogP contribution in [0.5, 0.6) is 0 Å². The van der Waals surface area contributed by atoms with Gasteiger partial charge < -0.3 is 0 Å². The van der Waals surface area contributed by atoms with Crippen molar-refractivity contribution in [3.05, 3.63) is 149 Å². The second-order valence-electron chi connectivity index (χ2n) is 8.14. The van der Waals surface area contributed by atoms with Crippen LogP contribution in [-0.2, 0) is 0 Å². The largest absolute Gasteiger partial charge is 0.0760 e. The molecule has 2 aliphatic rings. The summed E-state index contributed by atoms with van der Waals surface area (Å²) in [5.74, 6) is 0.649. The summed E-state index contributed by atoms with van der Waals surface area (Å²) in [6.45, 7) is 0. The number of rotatable bonds is 2. The molecule has 0 aromatic heterocycles. The standard InChI is InChI=1S/C30H22/c1-2-11-22(12-3-1)29-25-14-6-8-16-27(25)30(28-17-9-7-15-26(28)29)24-19-18-21-10-4-5-13-23(21)20-24/h1-20,27,30H. The van der Waals surface area contributed by atoms with Crippen LogP contribution < -0.4 is 0 Å². The van der Waals surface area contributed by atoms with Gasteiger partial charge in [-0.1, -0.05) is 121 Å². The first-order valence-electron chi connectivity index (χ1n) is 10.6. The molecule has 2 aliphatic carbocycles. The molecule has 0 N–H and O–H groups in total. The Kier molecular flexibility index (Phi) is 4.02. The van der Waals surface area contributed by atoms with E-state index in [-0.39, 0.29) is 0 Å². The molecular weight excluding hydrogens is 360 g/mol. The fourth-order valence-electron chi connectivity index (χ4n) is 5.16. The van der Waals surface area contributed by atoms with E-state index in [2.05, 4.69) is 121 Å². The number of hydrogen-bond donors (Lipinski definition) is 0. The molecule has 4 aromatic rings. The summed E-state index contributed by atoms with van der Waals surface area (Å²) in [7, 11) is 0. The second kappa shape index (κ2) is 7.00. The summed E-state index contributed by atoms with van der Waals surface area (Å²) >= 11 is 0. The molecule has 0 heteroatoms. The average molecular weight is 383 g/mol. The Balaban J connectivity index is 1.62. The molecule has 0 nitrogen and oxygen atoms in total. The van der Waals surface area contributed by atoms with Crippen molar-refractivity contribution in [2.75, 3.05) is 0 Å². The minimum atomic E-state index is 0.314. The van der Waals surface area contributed by atoms with Gasteiger partial charge in [0.25, 0.3) is 0 Å². The van der Waals surface area contributed by atoms with Gasteiger partial charge in [-0.25, -0.2) is 0 Å². The van der Waals surface area contributed by atoms with Crippen molar-refractivity contribution >= 4 is 16.3 Å². The first kappa shape index (κ1) is 17.2. The van der Waals surface area contributed by atoms with E-state index < -0.39 is 0 Å². The maximum atomic E-state index is 2.38. The van der Waals surface area contributed by atoms with Gasteiger partial charge in [0.1, 0.15) is 0 Å². The van der Waals surface area contributed by atoms with Crippen LogP contribution in [-0.4, -0.2) is 0 Å². The lowest BCUT2D eigenvalue weighted by Gasteiger charge is -2.37. The summed E-state index contributed by atoms with van der Waals surface area (Å²) in [6, 6.07) is 35.4. The van der Waals surface area contributed by atoms with Gasteiger partial charge in [0.15, 0.2) is 0 Å². The van der Waals surface area contributed by atoms with E-state index in [4.69, 9.17) is 0 Å². The quantitative estimate of drug-likeness (QED) is 0.336. The Morgan fingerprint density at radius 3 is 2.27 bits per heavy atom. The third-order valence-corrected chi connectivity index (χ3v) is 6.47. The first-order chi connectivity index (χ1) is 14.9. The van der Waals surface area contributed by atoms with E-state index in [9.17, 15) is 0 Å². The van der Waals surface area contributed by atoms with Crippen molar-refractivity contribution in [3.63, 3.8) is 0 Å². The molecule has 0 saturated heterocycles. The fourth-order valence-corrected chi connectivity index (χ4v) is 5.16. The molecule has 2 atom stereocenters. The molecule has 0 aliphatic heterocycles. The molecule has 0 amide bonds. The van der Waals surface area contributed by atoms with E-state index in [1.165, 1.54) is 44.2 Å². The molecule has 6 rings (SSSR count). The predicted octanol–water partition coefficient (Wildman–Crippen LogP) is 7.53. The Morgan fingerprint density at radius 1 is 0.600 bits per heavy atom. The third kappa shape index (κ3) is 2.69. The number of hydrogen-bond acceptors (Lipinski definition) is 0. The van der Waals surface area contributed by atoms with Crippen LogP contribution in [0.1, 0.15) is 28.2 Å². The van der Waals surface area contributed by atoms with Gasteiger partial charge >= 0.3 is 0 Å². The Morgan fingerprint density at radius 2 is 1.37 bits per heavy atom. The van der Waals surface area contributed by atoms with Crippen molar-refractivity contribution in [2.24, 2.45) is 5.92 Å². The molecule has 0 radical (unpaired) electrons. The van der Waals surface area contributed by atoms with Crippen LogP contribution in [0, 0.1) is 5.92 Å². The van der Waals surface area contributed by atoms with Gasteiger partial charge in [-0.15, -0.1) is 0 Å². The SMILES string of the molecule is C1=CC2=C(c3ccccc3)c3ccccc3C(c3ccc4ccccc4c3)C2C=C1. The summed E-state index contributed by atoms with van der Waals surface area (Å²) in [5.41, 5.74) is 8.24. The maximum absolute atomic E-state index is 2.38. The summed E-state index contributed by atoms with van der Waals surface area (Å²) in [4.78, 5) is 0. The number of allylic oxidation sites excluding steroid dienone is 5. The van der Waals surface area contributed by atoms with E-state index in [0.29, 0.717) is 11.8 Å².